The normalized spacial score (nSPS) is 11.1. The van der Waals surface area contributed by atoms with Crippen LogP contribution in [0.5, 0.6) is 0 Å². The van der Waals surface area contributed by atoms with Gasteiger partial charge in [-0.3, -0.25) is 4.79 Å². The smallest absolute Gasteiger partial charge is 0.252 e. The van der Waals surface area contributed by atoms with Crippen molar-refractivity contribution in [1.29, 1.82) is 0 Å². The third kappa shape index (κ3) is 2.72. The number of pyridine rings is 1. The number of imidazole rings is 1. The number of benzene rings is 1. The summed E-state index contributed by atoms with van der Waals surface area (Å²) >= 11 is 0. The second-order valence-electron chi connectivity index (χ2n) is 5.75. The molecule has 0 bridgehead atoms. The molecule has 0 aliphatic heterocycles. The lowest BCUT2D eigenvalue weighted by Crippen LogP contribution is -2.30. The van der Waals surface area contributed by atoms with Crippen LogP contribution in [0.2, 0.25) is 0 Å². The SMILES string of the molecule is Cc1ccccc1-c1cn2cc(C(=O)NC(C)C)ccc2n1. The van der Waals surface area contributed by atoms with Gasteiger partial charge in [0, 0.05) is 24.0 Å². The highest BCUT2D eigenvalue weighted by Crippen LogP contribution is 2.22. The molecular weight excluding hydrogens is 274 g/mol. The number of rotatable bonds is 3. The molecule has 1 aromatic carbocycles. The predicted molar refractivity (Wildman–Crippen MR) is 88.0 cm³/mol. The largest absolute Gasteiger partial charge is 0.350 e. The van der Waals surface area contributed by atoms with Crippen molar-refractivity contribution in [2.45, 2.75) is 26.8 Å². The van der Waals surface area contributed by atoms with E-state index < -0.39 is 0 Å². The third-order valence-corrected chi connectivity index (χ3v) is 3.55. The quantitative estimate of drug-likeness (QED) is 0.804. The summed E-state index contributed by atoms with van der Waals surface area (Å²) in [4.78, 5) is 16.7. The number of amides is 1. The van der Waals surface area contributed by atoms with E-state index in [0.717, 1.165) is 16.9 Å². The number of aromatic nitrogens is 2. The zero-order valence-electron chi connectivity index (χ0n) is 13.0. The van der Waals surface area contributed by atoms with Gasteiger partial charge in [-0.25, -0.2) is 4.98 Å². The molecule has 22 heavy (non-hydrogen) atoms. The zero-order chi connectivity index (χ0) is 15.7. The highest BCUT2D eigenvalue weighted by molar-refractivity contribution is 5.94. The van der Waals surface area contributed by atoms with E-state index in [-0.39, 0.29) is 11.9 Å². The van der Waals surface area contributed by atoms with Crippen molar-refractivity contribution >= 4 is 11.6 Å². The summed E-state index contributed by atoms with van der Waals surface area (Å²) in [7, 11) is 0. The van der Waals surface area contributed by atoms with Gasteiger partial charge in [-0.2, -0.15) is 0 Å². The number of nitrogens with one attached hydrogen (secondary N) is 1. The summed E-state index contributed by atoms with van der Waals surface area (Å²) < 4.78 is 1.90. The first kappa shape index (κ1) is 14.3. The van der Waals surface area contributed by atoms with Crippen LogP contribution in [0.25, 0.3) is 16.9 Å². The minimum absolute atomic E-state index is 0.0666. The molecule has 0 unspecified atom stereocenters. The molecule has 3 aromatic rings. The number of carbonyl (C=O) groups is 1. The van der Waals surface area contributed by atoms with Crippen molar-refractivity contribution in [3.05, 3.63) is 59.9 Å². The maximum atomic E-state index is 12.1. The molecular formula is C18H19N3O. The van der Waals surface area contributed by atoms with Crippen LogP contribution in [0.15, 0.2) is 48.8 Å². The molecule has 1 N–H and O–H groups in total. The first-order valence-corrected chi connectivity index (χ1v) is 7.40. The molecule has 0 radical (unpaired) electrons. The zero-order valence-corrected chi connectivity index (χ0v) is 13.0. The van der Waals surface area contributed by atoms with Crippen molar-refractivity contribution in [2.75, 3.05) is 0 Å². The molecule has 0 aliphatic rings. The van der Waals surface area contributed by atoms with Gasteiger partial charge >= 0.3 is 0 Å². The van der Waals surface area contributed by atoms with Crippen molar-refractivity contribution in [1.82, 2.24) is 14.7 Å². The van der Waals surface area contributed by atoms with Crippen molar-refractivity contribution in [2.24, 2.45) is 0 Å². The fraction of sp³-hybridized carbons (Fsp3) is 0.222. The number of nitrogens with zero attached hydrogens (tertiary/aromatic N) is 2. The van der Waals surface area contributed by atoms with E-state index in [2.05, 4.69) is 29.4 Å². The Morgan fingerprint density at radius 2 is 1.91 bits per heavy atom. The van der Waals surface area contributed by atoms with E-state index in [4.69, 9.17) is 0 Å². The molecule has 0 atom stereocenters. The van der Waals surface area contributed by atoms with Crippen LogP contribution in [0.1, 0.15) is 29.8 Å². The Hall–Kier alpha value is -2.62. The minimum Gasteiger partial charge on any atom is -0.350 e. The maximum absolute atomic E-state index is 12.1. The van der Waals surface area contributed by atoms with Crippen molar-refractivity contribution < 1.29 is 4.79 Å². The Morgan fingerprint density at radius 1 is 1.14 bits per heavy atom. The van der Waals surface area contributed by atoms with Gasteiger partial charge in [0.05, 0.1) is 11.3 Å². The average Bonchev–Trinajstić information content (AvgIpc) is 2.89. The molecule has 0 aliphatic carbocycles. The Balaban J connectivity index is 2.01. The van der Waals surface area contributed by atoms with E-state index >= 15 is 0 Å². The van der Waals surface area contributed by atoms with E-state index in [9.17, 15) is 4.79 Å². The van der Waals surface area contributed by atoms with E-state index in [1.165, 1.54) is 5.56 Å². The lowest BCUT2D eigenvalue weighted by molar-refractivity contribution is 0.0942. The third-order valence-electron chi connectivity index (χ3n) is 3.55. The van der Waals surface area contributed by atoms with Gasteiger partial charge in [0.1, 0.15) is 5.65 Å². The number of hydrogen-bond donors (Lipinski definition) is 1. The lowest BCUT2D eigenvalue weighted by atomic mass is 10.1. The van der Waals surface area contributed by atoms with Crippen molar-refractivity contribution in [3.63, 3.8) is 0 Å². The molecule has 4 nitrogen and oxygen atoms in total. The first-order valence-electron chi connectivity index (χ1n) is 7.40. The Bertz CT molecular complexity index is 833. The van der Waals surface area contributed by atoms with Crippen molar-refractivity contribution in [3.8, 4) is 11.3 Å². The number of hydrogen-bond acceptors (Lipinski definition) is 2. The number of fused-ring (bicyclic) bond motifs is 1. The Kier molecular flexibility index (Phi) is 3.67. The van der Waals surface area contributed by atoms with Crippen LogP contribution in [0.4, 0.5) is 0 Å². The van der Waals surface area contributed by atoms with Gasteiger partial charge in [0.2, 0.25) is 0 Å². The highest BCUT2D eigenvalue weighted by atomic mass is 16.1. The van der Waals surface area contributed by atoms with Gasteiger partial charge < -0.3 is 9.72 Å². The standard InChI is InChI=1S/C18H19N3O/c1-12(2)19-18(22)14-8-9-17-20-16(11-21(17)10-14)15-7-5-4-6-13(15)3/h4-12H,1-3H3,(H,19,22). The minimum atomic E-state index is -0.0666. The second-order valence-corrected chi connectivity index (χ2v) is 5.75. The van der Waals surface area contributed by atoms with E-state index in [1.54, 1.807) is 0 Å². The van der Waals surface area contributed by atoms with E-state index in [1.807, 2.05) is 54.9 Å². The molecule has 0 saturated heterocycles. The summed E-state index contributed by atoms with van der Waals surface area (Å²) in [5.41, 5.74) is 4.68. The summed E-state index contributed by atoms with van der Waals surface area (Å²) in [5.74, 6) is -0.0666. The van der Waals surface area contributed by atoms with Gasteiger partial charge in [0.15, 0.2) is 0 Å². The topological polar surface area (TPSA) is 46.4 Å². The fourth-order valence-electron chi connectivity index (χ4n) is 2.46. The predicted octanol–water partition coefficient (Wildman–Crippen LogP) is 3.45. The summed E-state index contributed by atoms with van der Waals surface area (Å²) in [6.07, 6.45) is 3.78. The Morgan fingerprint density at radius 3 is 2.64 bits per heavy atom. The van der Waals surface area contributed by atoms with Crippen LogP contribution in [0, 0.1) is 6.92 Å². The summed E-state index contributed by atoms with van der Waals surface area (Å²) in [6.45, 7) is 5.97. The molecule has 0 fully saturated rings. The maximum Gasteiger partial charge on any atom is 0.252 e. The fourth-order valence-corrected chi connectivity index (χ4v) is 2.46. The van der Waals surface area contributed by atoms with Gasteiger partial charge in [-0.15, -0.1) is 0 Å². The summed E-state index contributed by atoms with van der Waals surface area (Å²) in [5, 5.41) is 2.90. The molecule has 2 aromatic heterocycles. The molecule has 112 valence electrons. The number of aryl methyl sites for hydroxylation is 1. The molecule has 3 rings (SSSR count). The Labute approximate surface area is 129 Å². The van der Waals surface area contributed by atoms with Crippen LogP contribution >= 0.6 is 0 Å². The molecule has 2 heterocycles. The average molecular weight is 293 g/mol. The summed E-state index contributed by atoms with van der Waals surface area (Å²) in [6, 6.07) is 12.0. The molecule has 1 amide bonds. The van der Waals surface area contributed by atoms with Crippen LogP contribution in [-0.2, 0) is 0 Å². The van der Waals surface area contributed by atoms with Crippen LogP contribution < -0.4 is 5.32 Å². The van der Waals surface area contributed by atoms with Gasteiger partial charge in [-0.05, 0) is 38.5 Å². The monoisotopic (exact) mass is 293 g/mol. The van der Waals surface area contributed by atoms with Crippen LogP contribution in [-0.4, -0.2) is 21.3 Å². The molecule has 0 spiro atoms. The molecule has 4 heteroatoms. The van der Waals surface area contributed by atoms with Gasteiger partial charge in [-0.1, -0.05) is 24.3 Å². The second kappa shape index (κ2) is 5.64. The van der Waals surface area contributed by atoms with Crippen LogP contribution in [0.3, 0.4) is 0 Å². The van der Waals surface area contributed by atoms with Gasteiger partial charge in [0.25, 0.3) is 5.91 Å². The van der Waals surface area contributed by atoms with E-state index in [0.29, 0.717) is 5.56 Å². The lowest BCUT2D eigenvalue weighted by Gasteiger charge is -2.08. The first-order chi connectivity index (χ1) is 10.5. The highest BCUT2D eigenvalue weighted by Gasteiger charge is 2.10. The molecule has 0 saturated carbocycles. The number of carbonyl (C=O) groups excluding carboxylic acids is 1.